The smallest absolute Gasteiger partial charge is 0.308 e. The number of nitrogens with zero attached hydrogens (tertiary/aromatic N) is 3. The van der Waals surface area contributed by atoms with Crippen molar-refractivity contribution in [1.29, 1.82) is 0 Å². The predicted molar refractivity (Wildman–Crippen MR) is 103 cm³/mol. The largest absolute Gasteiger partial charge is 0.482 e. The Balaban J connectivity index is 1.31. The summed E-state index contributed by atoms with van der Waals surface area (Å²) in [5, 5.41) is 8.40. The summed E-state index contributed by atoms with van der Waals surface area (Å²) in [7, 11) is 0. The third-order valence-corrected chi connectivity index (χ3v) is 4.51. The van der Waals surface area contributed by atoms with Crippen molar-refractivity contribution in [3.8, 4) is 17.2 Å². The molecule has 0 bridgehead atoms. The van der Waals surface area contributed by atoms with Gasteiger partial charge in [0.1, 0.15) is 5.75 Å². The lowest BCUT2D eigenvalue weighted by molar-refractivity contribution is -0.145. The van der Waals surface area contributed by atoms with E-state index in [-0.39, 0.29) is 38.0 Å². The second-order valence-electron chi connectivity index (χ2n) is 6.22. The molecule has 1 aromatic heterocycles. The molecule has 0 N–H and O–H groups in total. The summed E-state index contributed by atoms with van der Waals surface area (Å²) in [6.45, 7) is -0.00745. The normalized spacial score (nSPS) is 13.0. The number of hydrogen-bond acceptors (Lipinski definition) is 7. The van der Waals surface area contributed by atoms with Gasteiger partial charge in [-0.05, 0) is 36.4 Å². The number of carbonyl (C=O) groups is 2. The average molecular weight is 414 g/mol. The maximum absolute atomic E-state index is 12.1. The van der Waals surface area contributed by atoms with Crippen LogP contribution in [-0.2, 0) is 20.9 Å². The van der Waals surface area contributed by atoms with Crippen LogP contribution in [0.4, 0.5) is 5.69 Å². The van der Waals surface area contributed by atoms with E-state index in [0.717, 1.165) is 0 Å². The second kappa shape index (κ2) is 8.32. The minimum Gasteiger partial charge on any atom is -0.482 e. The van der Waals surface area contributed by atoms with Gasteiger partial charge in [-0.1, -0.05) is 23.7 Å². The van der Waals surface area contributed by atoms with Gasteiger partial charge in [0.2, 0.25) is 5.89 Å². The van der Waals surface area contributed by atoms with Gasteiger partial charge in [-0.15, -0.1) is 10.2 Å². The van der Waals surface area contributed by atoms with Crippen LogP contribution in [0.1, 0.15) is 12.3 Å². The van der Waals surface area contributed by atoms with Crippen molar-refractivity contribution < 1.29 is 23.5 Å². The number of hydrogen-bond donors (Lipinski definition) is 0. The lowest BCUT2D eigenvalue weighted by Gasteiger charge is -2.28. The van der Waals surface area contributed by atoms with Gasteiger partial charge in [0.15, 0.2) is 13.2 Å². The molecule has 0 aliphatic carbocycles. The molecule has 0 saturated carbocycles. The first-order chi connectivity index (χ1) is 14.1. The summed E-state index contributed by atoms with van der Waals surface area (Å²) in [6.07, 6.45) is 0.0260. The number of esters is 1. The maximum Gasteiger partial charge on any atom is 0.308 e. The second-order valence-corrected chi connectivity index (χ2v) is 6.66. The molecule has 9 heteroatoms. The fraction of sp³-hybridized carbons (Fsp3) is 0.200. The predicted octanol–water partition coefficient (Wildman–Crippen LogP) is 3.25. The minimum absolute atomic E-state index is 0.0260. The Morgan fingerprint density at radius 1 is 1.14 bits per heavy atom. The minimum atomic E-state index is -0.479. The summed E-state index contributed by atoms with van der Waals surface area (Å²) >= 11 is 5.86. The first-order valence-corrected chi connectivity index (χ1v) is 9.24. The Kier molecular flexibility index (Phi) is 5.44. The summed E-state index contributed by atoms with van der Waals surface area (Å²) in [6, 6.07) is 14.1. The molecule has 3 aromatic rings. The molecule has 1 amide bonds. The van der Waals surface area contributed by atoms with E-state index in [4.69, 9.17) is 25.5 Å². The maximum atomic E-state index is 12.1. The highest BCUT2D eigenvalue weighted by Crippen LogP contribution is 2.31. The fourth-order valence-corrected chi connectivity index (χ4v) is 2.96. The lowest BCUT2D eigenvalue weighted by atomic mass is 10.2. The van der Waals surface area contributed by atoms with Gasteiger partial charge in [-0.2, -0.15) is 0 Å². The van der Waals surface area contributed by atoms with Crippen LogP contribution in [0.5, 0.6) is 5.75 Å². The van der Waals surface area contributed by atoms with Crippen molar-refractivity contribution in [2.75, 3.05) is 18.1 Å². The van der Waals surface area contributed by atoms with Crippen LogP contribution < -0.4 is 9.64 Å². The molecule has 0 radical (unpaired) electrons. The van der Waals surface area contributed by atoms with Gasteiger partial charge < -0.3 is 18.8 Å². The third kappa shape index (κ3) is 4.38. The zero-order valence-electron chi connectivity index (χ0n) is 15.2. The zero-order valence-corrected chi connectivity index (χ0v) is 16.0. The molecule has 8 nitrogen and oxygen atoms in total. The van der Waals surface area contributed by atoms with Crippen molar-refractivity contribution in [3.63, 3.8) is 0 Å². The number of ether oxygens (including phenoxy) is 2. The molecule has 0 atom stereocenters. The van der Waals surface area contributed by atoms with Crippen molar-refractivity contribution in [2.45, 2.75) is 13.0 Å². The fourth-order valence-electron chi connectivity index (χ4n) is 2.84. The van der Waals surface area contributed by atoms with E-state index in [1.165, 1.54) is 4.90 Å². The van der Waals surface area contributed by atoms with Gasteiger partial charge in [-0.25, -0.2) is 0 Å². The highest BCUT2D eigenvalue weighted by atomic mass is 35.5. The molecule has 0 fully saturated rings. The molecule has 4 rings (SSSR count). The number of halogens is 1. The summed E-state index contributed by atoms with van der Waals surface area (Å²) in [5.41, 5.74) is 1.35. The number of fused-ring (bicyclic) bond motifs is 1. The van der Waals surface area contributed by atoms with Gasteiger partial charge in [0.25, 0.3) is 11.8 Å². The first-order valence-electron chi connectivity index (χ1n) is 8.86. The summed E-state index contributed by atoms with van der Waals surface area (Å²) in [5.74, 6) is 0.411. The number of carbonyl (C=O) groups excluding carboxylic acids is 2. The monoisotopic (exact) mass is 413 g/mol. The first kappa shape index (κ1) is 18.9. The van der Waals surface area contributed by atoms with E-state index in [1.54, 1.807) is 42.5 Å². The molecule has 29 heavy (non-hydrogen) atoms. The quantitative estimate of drug-likeness (QED) is 0.572. The third-order valence-electron chi connectivity index (χ3n) is 4.26. The Hall–Kier alpha value is -3.39. The molecule has 2 aromatic carbocycles. The van der Waals surface area contributed by atoms with E-state index in [0.29, 0.717) is 27.9 Å². The van der Waals surface area contributed by atoms with Crippen LogP contribution in [0.2, 0.25) is 5.02 Å². The van der Waals surface area contributed by atoms with Crippen molar-refractivity contribution in [3.05, 3.63) is 59.4 Å². The molecule has 1 aliphatic heterocycles. The molecular weight excluding hydrogens is 398 g/mol. The van der Waals surface area contributed by atoms with Crippen LogP contribution in [0.25, 0.3) is 11.5 Å². The number of para-hydroxylation sites is 2. The average Bonchev–Trinajstić information content (AvgIpc) is 3.21. The van der Waals surface area contributed by atoms with Crippen LogP contribution in [0, 0.1) is 0 Å². The molecule has 0 unspecified atom stereocenters. The Morgan fingerprint density at radius 2 is 1.93 bits per heavy atom. The summed E-state index contributed by atoms with van der Waals surface area (Å²) < 4.78 is 16.1. The Bertz CT molecular complexity index is 1030. The Morgan fingerprint density at radius 3 is 2.76 bits per heavy atom. The number of aromatic nitrogens is 2. The highest BCUT2D eigenvalue weighted by Gasteiger charge is 2.25. The zero-order chi connectivity index (χ0) is 20.2. The van der Waals surface area contributed by atoms with E-state index in [2.05, 4.69) is 10.2 Å². The van der Waals surface area contributed by atoms with Crippen LogP contribution in [0.3, 0.4) is 0 Å². The SMILES string of the molecule is O=C(CCN1C(=O)COc2ccccc21)OCc1nnc(-c2ccc(Cl)cc2)o1. The Labute approximate surface area is 171 Å². The highest BCUT2D eigenvalue weighted by molar-refractivity contribution is 6.30. The standard InChI is InChI=1S/C20H16ClN3O5/c21-14-7-5-13(6-8-14)20-23-22-17(29-20)11-28-19(26)9-10-24-15-3-1-2-4-16(15)27-12-18(24)25/h1-8H,9-12H2. The number of anilines is 1. The van der Waals surface area contributed by atoms with Crippen LogP contribution in [0.15, 0.2) is 52.9 Å². The van der Waals surface area contributed by atoms with Crippen molar-refractivity contribution in [1.82, 2.24) is 10.2 Å². The van der Waals surface area contributed by atoms with E-state index in [1.807, 2.05) is 6.07 Å². The topological polar surface area (TPSA) is 94.8 Å². The van der Waals surface area contributed by atoms with E-state index >= 15 is 0 Å². The van der Waals surface area contributed by atoms with Gasteiger partial charge in [0, 0.05) is 17.1 Å². The molecule has 2 heterocycles. The van der Waals surface area contributed by atoms with Crippen LogP contribution >= 0.6 is 11.6 Å². The van der Waals surface area contributed by atoms with Gasteiger partial charge in [0.05, 0.1) is 12.1 Å². The molecule has 148 valence electrons. The summed E-state index contributed by atoms with van der Waals surface area (Å²) in [4.78, 5) is 25.7. The van der Waals surface area contributed by atoms with Crippen molar-refractivity contribution in [2.24, 2.45) is 0 Å². The van der Waals surface area contributed by atoms with E-state index in [9.17, 15) is 9.59 Å². The lowest BCUT2D eigenvalue weighted by Crippen LogP contribution is -2.40. The van der Waals surface area contributed by atoms with Gasteiger partial charge in [-0.3, -0.25) is 9.59 Å². The molecule has 0 saturated heterocycles. The van der Waals surface area contributed by atoms with Crippen molar-refractivity contribution >= 4 is 29.2 Å². The molecular formula is C20H16ClN3O5. The molecule has 1 aliphatic rings. The number of amides is 1. The molecule has 0 spiro atoms. The van der Waals surface area contributed by atoms with E-state index < -0.39 is 5.97 Å². The van der Waals surface area contributed by atoms with Crippen LogP contribution in [-0.4, -0.2) is 35.2 Å². The number of benzene rings is 2. The van der Waals surface area contributed by atoms with Gasteiger partial charge >= 0.3 is 5.97 Å². The number of rotatable bonds is 6.